The van der Waals surface area contributed by atoms with Gasteiger partial charge in [0, 0.05) is 0 Å². The average Bonchev–Trinajstić information content (AvgIpc) is 1.75. The van der Waals surface area contributed by atoms with Crippen LogP contribution in [0.1, 0.15) is 0 Å². The van der Waals surface area contributed by atoms with Gasteiger partial charge in [-0.05, 0) is 0 Å². The second-order valence-electron chi connectivity index (χ2n) is 0.488. The monoisotopic (exact) mass is 452 g/mol. The van der Waals surface area contributed by atoms with Crippen LogP contribution < -0.4 is 0 Å². The van der Waals surface area contributed by atoms with E-state index in [9.17, 15) is 0 Å². The summed E-state index contributed by atoms with van der Waals surface area (Å²) in [5.74, 6) is 0. The van der Waals surface area contributed by atoms with E-state index in [0.717, 1.165) is 0 Å². The first-order chi connectivity index (χ1) is 3.41. The van der Waals surface area contributed by atoms with Crippen molar-refractivity contribution in [2.45, 2.75) is 0 Å². The molecule has 0 aromatic heterocycles. The van der Waals surface area contributed by atoms with Crippen molar-refractivity contribution in [1.82, 2.24) is 0 Å². The molecule has 1 nitrogen and oxygen atoms in total. The van der Waals surface area contributed by atoms with Crippen molar-refractivity contribution >= 4 is 0 Å². The third-order valence-corrected chi connectivity index (χ3v) is 0.171. The van der Waals surface area contributed by atoms with Gasteiger partial charge in [0.25, 0.3) is 0 Å². The summed E-state index contributed by atoms with van der Waals surface area (Å²) in [5, 5.41) is 7.65. The molecule has 0 atom stereocenters. The van der Waals surface area contributed by atoms with Crippen LogP contribution in [-0.4, -0.2) is 5.11 Å². The van der Waals surface area contributed by atoms with Gasteiger partial charge in [-0.3, -0.25) is 0 Å². The van der Waals surface area contributed by atoms with Gasteiger partial charge < -0.3 is 23.8 Å². The summed E-state index contributed by atoms with van der Waals surface area (Å²) < 4.78 is 0. The molecule has 7 heavy (non-hydrogen) atoms. The van der Waals surface area contributed by atoms with Crippen LogP contribution in [-0.2, 0) is 30.8 Å². The Bertz CT molecular complexity index is 60.7. The number of allylic oxidation sites excluding steroid dienone is 2. The third-order valence-electron chi connectivity index (χ3n) is 0.171. The maximum absolute atomic E-state index is 7.65. The molecule has 0 fully saturated rings. The fourth-order valence-electron chi connectivity index (χ4n) is 0.0430. The molecule has 0 heterocycles. The van der Waals surface area contributed by atoms with Crippen molar-refractivity contribution in [3.8, 4) is 0 Å². The van der Waals surface area contributed by atoms with Crippen molar-refractivity contribution in [2.75, 3.05) is 0 Å². The number of hydrogen-bond acceptors (Lipinski definition) is 1. The van der Waals surface area contributed by atoms with E-state index < -0.39 is 0 Å². The van der Waals surface area contributed by atoms with E-state index in [1.807, 2.05) is 30.8 Å². The quantitative estimate of drug-likeness (QED) is 0.358. The molecule has 0 unspecified atom stereocenters. The fraction of sp³-hybridized carbons (Fsp3) is 0. The molecule has 3 heteroatoms. The predicted octanol–water partition coefficient (Wildman–Crippen LogP) is 0.845. The maximum atomic E-state index is 7.65. The average molecular weight is 449 g/mol. The summed E-state index contributed by atoms with van der Waals surface area (Å²) in [6.07, 6.45) is 4.11. The van der Waals surface area contributed by atoms with Crippen molar-refractivity contribution in [1.29, 1.82) is 0 Å². The SMILES string of the molecule is [CH-]=CC=[C-]O.[Os]=[Os]. The Hall–Kier alpha value is 0.553. The molecule has 1 N–H and O–H groups in total. The van der Waals surface area contributed by atoms with Crippen LogP contribution >= 0.6 is 0 Å². The zero-order chi connectivity index (χ0) is 6.12. The molecule has 0 rings (SSSR count). The van der Waals surface area contributed by atoms with Crippen LogP contribution in [0.2, 0.25) is 0 Å². The molecule has 0 amide bonds. The van der Waals surface area contributed by atoms with E-state index >= 15 is 0 Å². The molecule has 0 radical (unpaired) electrons. The van der Waals surface area contributed by atoms with Crippen LogP contribution in [0, 0.1) is 12.8 Å². The molecule has 0 aliphatic heterocycles. The molecule has 0 bridgehead atoms. The van der Waals surface area contributed by atoms with Crippen LogP contribution in [0.3, 0.4) is 0 Å². The van der Waals surface area contributed by atoms with Crippen LogP contribution in [0.4, 0.5) is 0 Å². The van der Waals surface area contributed by atoms with Crippen molar-refractivity contribution in [3.63, 3.8) is 0 Å². The second kappa shape index (κ2) is 16.0. The Morgan fingerprint density at radius 3 is 2.00 bits per heavy atom. The summed E-state index contributed by atoms with van der Waals surface area (Å²) >= 11 is 3.78. The van der Waals surface area contributed by atoms with Crippen LogP contribution in [0.5, 0.6) is 0 Å². The minimum atomic E-state index is 1.19. The Morgan fingerprint density at radius 2 is 2.00 bits per heavy atom. The number of rotatable bonds is 1. The summed E-state index contributed by atoms with van der Waals surface area (Å²) in [4.78, 5) is 0. The Kier molecular flexibility index (Phi) is 24.1. The van der Waals surface area contributed by atoms with E-state index in [-0.39, 0.29) is 0 Å². The van der Waals surface area contributed by atoms with Gasteiger partial charge in [0.05, 0.1) is 0 Å². The van der Waals surface area contributed by atoms with E-state index in [2.05, 4.69) is 0 Å². The molecule has 0 saturated heterocycles. The molecular formula is C4H4OOs2-2. The van der Waals surface area contributed by atoms with Gasteiger partial charge in [-0.15, -0.1) is 0 Å². The normalized spacial score (nSPS) is 7.14. The molecule has 0 aliphatic carbocycles. The van der Waals surface area contributed by atoms with Gasteiger partial charge in [-0.25, -0.2) is 0 Å². The first-order valence-electron chi connectivity index (χ1n) is 1.30. The van der Waals surface area contributed by atoms with Crippen LogP contribution in [0.15, 0.2) is 12.2 Å². The van der Waals surface area contributed by atoms with Crippen LogP contribution in [0.25, 0.3) is 0 Å². The molecular weight excluding hydrogens is 445 g/mol. The molecule has 44 valence electrons. The van der Waals surface area contributed by atoms with Gasteiger partial charge >= 0.3 is 30.8 Å². The predicted molar refractivity (Wildman–Crippen MR) is 19.3 cm³/mol. The number of hydrogen-bond donors (Lipinski definition) is 1. The fourth-order valence-corrected chi connectivity index (χ4v) is 0.0430. The summed E-state index contributed by atoms with van der Waals surface area (Å²) in [6, 6.07) is 0. The number of aliphatic hydroxyl groups excluding tert-OH is 1. The summed E-state index contributed by atoms with van der Waals surface area (Å²) in [5.41, 5.74) is 0. The molecule has 0 spiro atoms. The first kappa shape index (κ1) is 10.5. The Balaban J connectivity index is 0. The third kappa shape index (κ3) is 20.8. The van der Waals surface area contributed by atoms with E-state index in [1.165, 1.54) is 12.2 Å². The van der Waals surface area contributed by atoms with Gasteiger partial charge in [0.2, 0.25) is 0 Å². The molecule has 0 aromatic rings. The zero-order valence-electron chi connectivity index (χ0n) is 3.39. The Morgan fingerprint density at radius 1 is 1.57 bits per heavy atom. The molecule has 0 saturated carbocycles. The first-order valence-corrected chi connectivity index (χ1v) is 9.55. The standard InChI is InChI=1S/C4H4O.2Os/c1-2-3-4-5;;/h1-3,5H;;/q-2;;. The summed E-state index contributed by atoms with van der Waals surface area (Å²) in [6.45, 7) is 4.74. The van der Waals surface area contributed by atoms with Gasteiger partial charge in [0.15, 0.2) is 0 Å². The Labute approximate surface area is 60.9 Å². The van der Waals surface area contributed by atoms with Gasteiger partial charge in [-0.2, -0.15) is 6.26 Å². The minimum absolute atomic E-state index is 1.19. The topological polar surface area (TPSA) is 20.2 Å². The van der Waals surface area contributed by atoms with Crippen molar-refractivity contribution < 1.29 is 36.0 Å². The van der Waals surface area contributed by atoms with E-state index in [0.29, 0.717) is 0 Å². The van der Waals surface area contributed by atoms with Crippen molar-refractivity contribution in [2.24, 2.45) is 0 Å². The molecule has 0 aromatic carbocycles. The summed E-state index contributed by atoms with van der Waals surface area (Å²) in [7, 11) is 0. The van der Waals surface area contributed by atoms with Crippen molar-refractivity contribution in [3.05, 3.63) is 25.0 Å². The zero-order valence-corrected chi connectivity index (χ0v) is 8.47. The molecule has 0 aliphatic rings. The van der Waals surface area contributed by atoms with Gasteiger partial charge in [0.1, 0.15) is 0 Å². The number of aliphatic hydroxyl groups is 1. The van der Waals surface area contributed by atoms with Gasteiger partial charge in [-0.1, -0.05) is 0 Å². The van der Waals surface area contributed by atoms with E-state index in [4.69, 9.17) is 11.7 Å². The van der Waals surface area contributed by atoms with E-state index in [1.54, 1.807) is 6.26 Å². The second-order valence-corrected chi connectivity index (χ2v) is 0.488.